The number of piperidine rings is 1. The molecule has 0 aliphatic carbocycles. The van der Waals surface area contributed by atoms with Crippen LogP contribution >= 0.6 is 0 Å². The molecule has 2 aromatic rings. The Morgan fingerprint density at radius 3 is 2.63 bits per heavy atom. The highest BCUT2D eigenvalue weighted by atomic mass is 19.3. The number of rotatable bonds is 6. The minimum atomic E-state index is -2.53. The van der Waals surface area contributed by atoms with E-state index < -0.39 is 6.43 Å². The van der Waals surface area contributed by atoms with Crippen LogP contribution in [-0.2, 0) is 11.3 Å². The quantitative estimate of drug-likeness (QED) is 0.824. The summed E-state index contributed by atoms with van der Waals surface area (Å²) in [5, 5.41) is 3.35. The van der Waals surface area contributed by atoms with Crippen LogP contribution in [0.5, 0.6) is 5.88 Å². The lowest BCUT2D eigenvalue weighted by Crippen LogP contribution is -2.27. The Kier molecular flexibility index (Phi) is 5.64. The average molecular weight is 374 g/mol. The molecule has 0 radical (unpaired) electrons. The van der Waals surface area contributed by atoms with Gasteiger partial charge in [-0.05, 0) is 49.2 Å². The Balaban J connectivity index is 1.46. The molecule has 144 valence electrons. The van der Waals surface area contributed by atoms with Crippen molar-refractivity contribution in [2.45, 2.75) is 37.7 Å². The van der Waals surface area contributed by atoms with Crippen LogP contribution in [0.1, 0.15) is 53.5 Å². The summed E-state index contributed by atoms with van der Waals surface area (Å²) < 4.78 is 38.0. The number of halogens is 2. The van der Waals surface area contributed by atoms with Crippen molar-refractivity contribution < 1.29 is 18.3 Å². The van der Waals surface area contributed by atoms with Gasteiger partial charge < -0.3 is 14.8 Å². The van der Waals surface area contributed by atoms with Gasteiger partial charge in [-0.2, -0.15) is 0 Å². The number of hydrogen-bond donors (Lipinski definition) is 1. The van der Waals surface area contributed by atoms with Crippen LogP contribution in [0.25, 0.3) is 0 Å². The van der Waals surface area contributed by atoms with E-state index in [0.717, 1.165) is 37.2 Å². The summed E-state index contributed by atoms with van der Waals surface area (Å²) in [6.45, 7) is 3.28. The van der Waals surface area contributed by atoms with E-state index in [1.54, 1.807) is 18.2 Å². The second-order valence-electron chi connectivity index (χ2n) is 7.21. The fourth-order valence-electron chi connectivity index (χ4n) is 3.64. The normalized spacial score (nSPS) is 18.5. The predicted molar refractivity (Wildman–Crippen MR) is 98.4 cm³/mol. The van der Waals surface area contributed by atoms with E-state index in [4.69, 9.17) is 9.47 Å². The first-order valence-electron chi connectivity index (χ1n) is 9.50. The minimum absolute atomic E-state index is 0.0360. The zero-order chi connectivity index (χ0) is 18.6. The average Bonchev–Trinajstić information content (AvgIpc) is 2.66. The number of nitrogens with one attached hydrogen (secondary N) is 1. The maximum Gasteiger partial charge on any atom is 0.264 e. The molecule has 2 saturated heterocycles. The van der Waals surface area contributed by atoms with Crippen molar-refractivity contribution in [1.82, 2.24) is 10.3 Å². The van der Waals surface area contributed by atoms with Gasteiger partial charge in [-0.15, -0.1) is 0 Å². The number of nitrogens with zero attached hydrogens (tertiary/aromatic N) is 1. The minimum Gasteiger partial charge on any atom is -0.473 e. The van der Waals surface area contributed by atoms with Gasteiger partial charge in [-0.1, -0.05) is 18.2 Å². The predicted octanol–water partition coefficient (Wildman–Crippen LogP) is 4.18. The van der Waals surface area contributed by atoms with E-state index >= 15 is 0 Å². The van der Waals surface area contributed by atoms with Crippen LogP contribution in [0.4, 0.5) is 8.78 Å². The van der Waals surface area contributed by atoms with Crippen LogP contribution < -0.4 is 10.1 Å². The molecule has 0 atom stereocenters. The van der Waals surface area contributed by atoms with Gasteiger partial charge in [0.2, 0.25) is 5.88 Å². The molecule has 0 bridgehead atoms. The number of hydrogen-bond acceptors (Lipinski definition) is 4. The summed E-state index contributed by atoms with van der Waals surface area (Å²) in [7, 11) is 0. The summed E-state index contributed by atoms with van der Waals surface area (Å²) in [6, 6.07) is 11.0. The van der Waals surface area contributed by atoms with Crippen molar-refractivity contribution in [3.8, 4) is 5.88 Å². The molecule has 1 N–H and O–H groups in total. The van der Waals surface area contributed by atoms with Gasteiger partial charge in [-0.25, -0.2) is 13.8 Å². The van der Waals surface area contributed by atoms with Gasteiger partial charge in [-0.3, -0.25) is 0 Å². The maximum absolute atomic E-state index is 13.5. The third-order valence-electron chi connectivity index (χ3n) is 5.39. The van der Waals surface area contributed by atoms with Crippen molar-refractivity contribution in [2.24, 2.45) is 0 Å². The number of pyridine rings is 1. The molecule has 3 heterocycles. The van der Waals surface area contributed by atoms with Crippen molar-refractivity contribution in [1.29, 1.82) is 0 Å². The van der Waals surface area contributed by atoms with Gasteiger partial charge in [0.1, 0.15) is 6.61 Å². The van der Waals surface area contributed by atoms with Gasteiger partial charge in [0, 0.05) is 29.2 Å². The SMILES string of the molecule is FC(F)c1cc(C2COC2)ccc1COc1cccc(C2CCNCC2)n1. The first kappa shape index (κ1) is 18.3. The smallest absolute Gasteiger partial charge is 0.264 e. The summed E-state index contributed by atoms with van der Waals surface area (Å²) in [5.74, 6) is 1.14. The van der Waals surface area contributed by atoms with E-state index in [2.05, 4.69) is 10.3 Å². The Bertz CT molecular complexity index is 775. The summed E-state index contributed by atoms with van der Waals surface area (Å²) in [4.78, 5) is 4.60. The third-order valence-corrected chi connectivity index (χ3v) is 5.39. The molecule has 27 heavy (non-hydrogen) atoms. The molecule has 0 unspecified atom stereocenters. The lowest BCUT2D eigenvalue weighted by molar-refractivity contribution is 0.00826. The summed E-state index contributed by atoms with van der Waals surface area (Å²) in [6.07, 6.45) is -0.421. The molecule has 2 aliphatic rings. The van der Waals surface area contributed by atoms with Crippen LogP contribution in [-0.4, -0.2) is 31.3 Å². The van der Waals surface area contributed by atoms with Crippen LogP contribution in [0, 0.1) is 0 Å². The first-order valence-corrected chi connectivity index (χ1v) is 9.50. The van der Waals surface area contributed by atoms with Crippen molar-refractivity contribution in [3.05, 3.63) is 58.8 Å². The molecule has 2 aliphatic heterocycles. The Morgan fingerprint density at radius 1 is 1.11 bits per heavy atom. The van der Waals surface area contributed by atoms with Crippen LogP contribution in [0.15, 0.2) is 36.4 Å². The van der Waals surface area contributed by atoms with Crippen molar-refractivity contribution >= 4 is 0 Å². The number of aromatic nitrogens is 1. The maximum atomic E-state index is 13.5. The molecule has 2 fully saturated rings. The summed E-state index contributed by atoms with van der Waals surface area (Å²) in [5.41, 5.74) is 2.46. The van der Waals surface area contributed by atoms with E-state index in [1.807, 2.05) is 18.2 Å². The molecular formula is C21H24F2N2O2. The highest BCUT2D eigenvalue weighted by Crippen LogP contribution is 2.31. The lowest BCUT2D eigenvalue weighted by atomic mass is 9.94. The lowest BCUT2D eigenvalue weighted by Gasteiger charge is -2.27. The van der Waals surface area contributed by atoms with Gasteiger partial charge in [0.15, 0.2) is 0 Å². The van der Waals surface area contributed by atoms with Crippen molar-refractivity contribution in [3.63, 3.8) is 0 Å². The molecule has 0 saturated carbocycles. The number of alkyl halides is 2. The van der Waals surface area contributed by atoms with E-state index in [0.29, 0.717) is 30.6 Å². The highest BCUT2D eigenvalue weighted by molar-refractivity contribution is 5.35. The van der Waals surface area contributed by atoms with E-state index in [1.165, 1.54) is 0 Å². The molecule has 6 heteroatoms. The topological polar surface area (TPSA) is 43.4 Å². The number of benzene rings is 1. The van der Waals surface area contributed by atoms with Crippen LogP contribution in [0.2, 0.25) is 0 Å². The second-order valence-corrected chi connectivity index (χ2v) is 7.21. The Morgan fingerprint density at radius 2 is 1.93 bits per heavy atom. The monoisotopic (exact) mass is 374 g/mol. The van der Waals surface area contributed by atoms with Crippen molar-refractivity contribution in [2.75, 3.05) is 26.3 Å². The first-order chi connectivity index (χ1) is 13.2. The largest absolute Gasteiger partial charge is 0.473 e. The standard InChI is InChI=1S/C21H24F2N2O2/c22-21(23)18-10-15(17-11-26-12-17)4-5-16(18)13-27-20-3-1-2-19(25-20)14-6-8-24-9-7-14/h1-5,10,14,17,21,24H,6-9,11-13H2. The fourth-order valence-corrected chi connectivity index (χ4v) is 3.64. The van der Waals surface area contributed by atoms with Gasteiger partial charge >= 0.3 is 0 Å². The third kappa shape index (κ3) is 4.28. The molecule has 4 rings (SSSR count). The zero-order valence-electron chi connectivity index (χ0n) is 15.2. The summed E-state index contributed by atoms with van der Waals surface area (Å²) >= 11 is 0. The molecule has 0 spiro atoms. The van der Waals surface area contributed by atoms with E-state index in [9.17, 15) is 8.78 Å². The van der Waals surface area contributed by atoms with Gasteiger partial charge in [0.25, 0.3) is 6.43 Å². The Labute approximate surface area is 157 Å². The fraction of sp³-hybridized carbons (Fsp3) is 0.476. The second kappa shape index (κ2) is 8.31. The molecule has 1 aromatic heterocycles. The molecule has 0 amide bonds. The molecule has 1 aromatic carbocycles. The molecule has 4 nitrogen and oxygen atoms in total. The zero-order valence-corrected chi connectivity index (χ0v) is 15.2. The molecular weight excluding hydrogens is 350 g/mol. The number of ether oxygens (including phenoxy) is 2. The van der Waals surface area contributed by atoms with Crippen LogP contribution in [0.3, 0.4) is 0 Å². The Hall–Kier alpha value is -2.05. The van der Waals surface area contributed by atoms with Gasteiger partial charge in [0.05, 0.1) is 13.2 Å². The highest BCUT2D eigenvalue weighted by Gasteiger charge is 2.23. The van der Waals surface area contributed by atoms with E-state index in [-0.39, 0.29) is 18.1 Å².